The molecule has 0 aliphatic carbocycles. The summed E-state index contributed by atoms with van der Waals surface area (Å²) in [4.78, 5) is 4.37. The van der Waals surface area contributed by atoms with Gasteiger partial charge in [-0.3, -0.25) is 4.98 Å². The predicted molar refractivity (Wildman–Crippen MR) is 81.8 cm³/mol. The van der Waals surface area contributed by atoms with Crippen molar-refractivity contribution >= 4 is 12.2 Å². The van der Waals surface area contributed by atoms with Crippen LogP contribution in [-0.4, -0.2) is 15.2 Å². The van der Waals surface area contributed by atoms with Gasteiger partial charge < -0.3 is 10.2 Å². The van der Waals surface area contributed by atoms with Crippen LogP contribution in [0, 0.1) is 6.92 Å². The van der Waals surface area contributed by atoms with Gasteiger partial charge in [-0.1, -0.05) is 26.0 Å². The first-order valence-corrected chi connectivity index (χ1v) is 6.65. The Morgan fingerprint density at radius 3 is 2.25 bits per heavy atom. The number of hydrogen-bond acceptors (Lipinski definition) is 3. The molecule has 1 aromatic heterocycles. The van der Waals surface area contributed by atoms with Crippen molar-refractivity contribution in [1.29, 1.82) is 0 Å². The Kier molecular flexibility index (Phi) is 4.08. The summed E-state index contributed by atoms with van der Waals surface area (Å²) in [5.41, 5.74) is 3.12. The van der Waals surface area contributed by atoms with Gasteiger partial charge in [0.1, 0.15) is 11.5 Å². The normalized spacial score (nSPS) is 11.4. The lowest BCUT2D eigenvalue weighted by molar-refractivity contribution is 0.433. The van der Waals surface area contributed by atoms with Crippen LogP contribution in [0.25, 0.3) is 12.2 Å². The number of nitrogens with zero attached hydrogens (tertiary/aromatic N) is 1. The molecule has 0 bridgehead atoms. The molecule has 3 heteroatoms. The van der Waals surface area contributed by atoms with Crippen molar-refractivity contribution in [3.63, 3.8) is 0 Å². The van der Waals surface area contributed by atoms with Crippen molar-refractivity contribution in [2.45, 2.75) is 26.7 Å². The SMILES string of the molecule is Cc1cccc(/C=C/c2cc(O)c(C(C)C)c(O)c2)n1. The van der Waals surface area contributed by atoms with Gasteiger partial charge in [0, 0.05) is 11.3 Å². The molecule has 0 aliphatic heterocycles. The third-order valence-corrected chi connectivity index (χ3v) is 3.09. The Hall–Kier alpha value is -2.29. The third kappa shape index (κ3) is 3.18. The van der Waals surface area contributed by atoms with Gasteiger partial charge in [0.15, 0.2) is 0 Å². The maximum Gasteiger partial charge on any atom is 0.123 e. The number of rotatable bonds is 3. The fraction of sp³-hybridized carbons (Fsp3) is 0.235. The van der Waals surface area contributed by atoms with Gasteiger partial charge in [-0.2, -0.15) is 0 Å². The lowest BCUT2D eigenvalue weighted by Gasteiger charge is -2.11. The molecular weight excluding hydrogens is 250 g/mol. The molecule has 104 valence electrons. The minimum atomic E-state index is 0.0754. The van der Waals surface area contributed by atoms with Crippen LogP contribution in [0.5, 0.6) is 11.5 Å². The van der Waals surface area contributed by atoms with Crippen molar-refractivity contribution in [3.05, 3.63) is 52.8 Å². The van der Waals surface area contributed by atoms with Crippen LogP contribution in [0.1, 0.15) is 42.3 Å². The van der Waals surface area contributed by atoms with Crippen LogP contribution in [0.15, 0.2) is 30.3 Å². The van der Waals surface area contributed by atoms with Gasteiger partial charge in [0.25, 0.3) is 0 Å². The van der Waals surface area contributed by atoms with Gasteiger partial charge in [-0.05, 0) is 48.7 Å². The number of aryl methyl sites for hydroxylation is 1. The Balaban J connectivity index is 2.31. The summed E-state index contributed by atoms with van der Waals surface area (Å²) in [6, 6.07) is 9.10. The van der Waals surface area contributed by atoms with Gasteiger partial charge in [-0.25, -0.2) is 0 Å². The maximum atomic E-state index is 9.97. The molecule has 1 aromatic carbocycles. The van der Waals surface area contributed by atoms with Crippen molar-refractivity contribution in [2.75, 3.05) is 0 Å². The highest BCUT2D eigenvalue weighted by atomic mass is 16.3. The standard InChI is InChI=1S/C17H19NO2/c1-11(2)17-15(19)9-13(10-16(17)20)7-8-14-6-4-5-12(3)18-14/h4-11,19-20H,1-3H3/b8-7+. The average Bonchev–Trinajstić information content (AvgIpc) is 2.35. The zero-order chi connectivity index (χ0) is 14.7. The molecule has 0 unspecified atom stereocenters. The first-order valence-electron chi connectivity index (χ1n) is 6.65. The smallest absolute Gasteiger partial charge is 0.123 e. The molecule has 0 amide bonds. The van der Waals surface area contributed by atoms with Gasteiger partial charge in [0.05, 0.1) is 5.69 Å². The molecule has 0 saturated carbocycles. The molecule has 2 rings (SSSR count). The lowest BCUT2D eigenvalue weighted by Crippen LogP contribution is -1.90. The molecule has 2 aromatic rings. The quantitative estimate of drug-likeness (QED) is 0.882. The van der Waals surface area contributed by atoms with E-state index >= 15 is 0 Å². The Morgan fingerprint density at radius 2 is 1.70 bits per heavy atom. The number of hydrogen-bond donors (Lipinski definition) is 2. The fourth-order valence-corrected chi connectivity index (χ4v) is 2.17. The highest BCUT2D eigenvalue weighted by Crippen LogP contribution is 2.35. The van der Waals surface area contributed by atoms with Crippen molar-refractivity contribution in [1.82, 2.24) is 4.98 Å². The molecule has 0 radical (unpaired) electrons. The van der Waals surface area contributed by atoms with Crippen LogP contribution in [0.2, 0.25) is 0 Å². The summed E-state index contributed by atoms with van der Waals surface area (Å²) < 4.78 is 0. The van der Waals surface area contributed by atoms with Crippen LogP contribution in [0.3, 0.4) is 0 Å². The third-order valence-electron chi connectivity index (χ3n) is 3.09. The van der Waals surface area contributed by atoms with Crippen molar-refractivity contribution in [3.8, 4) is 11.5 Å². The topological polar surface area (TPSA) is 53.4 Å². The number of phenolic OH excluding ortho intramolecular Hbond substituents is 2. The van der Waals surface area contributed by atoms with E-state index in [2.05, 4.69) is 4.98 Å². The van der Waals surface area contributed by atoms with Crippen LogP contribution < -0.4 is 0 Å². The summed E-state index contributed by atoms with van der Waals surface area (Å²) in [6.45, 7) is 5.80. The minimum absolute atomic E-state index is 0.0754. The second-order valence-corrected chi connectivity index (χ2v) is 5.16. The highest BCUT2D eigenvalue weighted by Gasteiger charge is 2.12. The fourth-order valence-electron chi connectivity index (χ4n) is 2.17. The Morgan fingerprint density at radius 1 is 1.05 bits per heavy atom. The van der Waals surface area contributed by atoms with E-state index in [1.165, 1.54) is 0 Å². The molecule has 0 saturated heterocycles. The van der Waals surface area contributed by atoms with E-state index in [4.69, 9.17) is 0 Å². The molecule has 0 fully saturated rings. The van der Waals surface area contributed by atoms with E-state index in [-0.39, 0.29) is 17.4 Å². The number of phenols is 2. The van der Waals surface area contributed by atoms with Crippen molar-refractivity contribution in [2.24, 2.45) is 0 Å². The summed E-state index contributed by atoms with van der Waals surface area (Å²) in [5.74, 6) is 0.320. The van der Waals surface area contributed by atoms with E-state index < -0.39 is 0 Å². The first kappa shape index (κ1) is 14.1. The molecular formula is C17H19NO2. The van der Waals surface area contributed by atoms with E-state index in [0.29, 0.717) is 5.56 Å². The zero-order valence-corrected chi connectivity index (χ0v) is 12.0. The van der Waals surface area contributed by atoms with Gasteiger partial charge in [0.2, 0.25) is 0 Å². The van der Waals surface area contributed by atoms with E-state index in [9.17, 15) is 10.2 Å². The van der Waals surface area contributed by atoms with Gasteiger partial charge in [-0.15, -0.1) is 0 Å². The molecule has 0 atom stereocenters. The summed E-state index contributed by atoms with van der Waals surface area (Å²) in [7, 11) is 0. The minimum Gasteiger partial charge on any atom is -0.507 e. The molecule has 0 aliphatic rings. The van der Waals surface area contributed by atoms with E-state index in [0.717, 1.165) is 17.0 Å². The van der Waals surface area contributed by atoms with Crippen LogP contribution in [0.4, 0.5) is 0 Å². The monoisotopic (exact) mass is 269 g/mol. The molecule has 20 heavy (non-hydrogen) atoms. The Bertz CT molecular complexity index is 622. The number of benzene rings is 1. The number of pyridine rings is 1. The van der Waals surface area contributed by atoms with E-state index in [1.54, 1.807) is 12.1 Å². The second kappa shape index (κ2) is 5.78. The zero-order valence-electron chi connectivity index (χ0n) is 12.0. The average molecular weight is 269 g/mol. The first-order chi connectivity index (χ1) is 9.47. The van der Waals surface area contributed by atoms with E-state index in [1.807, 2.05) is 51.1 Å². The number of aromatic hydroxyl groups is 2. The maximum absolute atomic E-state index is 9.97. The molecule has 2 N–H and O–H groups in total. The highest BCUT2D eigenvalue weighted by molar-refractivity contribution is 5.70. The molecule has 3 nitrogen and oxygen atoms in total. The lowest BCUT2D eigenvalue weighted by atomic mass is 9.98. The number of aromatic nitrogens is 1. The van der Waals surface area contributed by atoms with Crippen LogP contribution in [-0.2, 0) is 0 Å². The van der Waals surface area contributed by atoms with Gasteiger partial charge >= 0.3 is 0 Å². The van der Waals surface area contributed by atoms with Crippen LogP contribution >= 0.6 is 0 Å². The summed E-state index contributed by atoms with van der Waals surface area (Å²) >= 11 is 0. The predicted octanol–water partition coefficient (Wildman–Crippen LogP) is 4.10. The Labute approximate surface area is 119 Å². The molecule has 0 spiro atoms. The molecule has 1 heterocycles. The second-order valence-electron chi connectivity index (χ2n) is 5.16. The summed E-state index contributed by atoms with van der Waals surface area (Å²) in [6.07, 6.45) is 3.68. The largest absolute Gasteiger partial charge is 0.507 e. The summed E-state index contributed by atoms with van der Waals surface area (Å²) in [5, 5.41) is 19.9. The van der Waals surface area contributed by atoms with Crippen molar-refractivity contribution < 1.29 is 10.2 Å².